The fraction of sp³-hybridized carbons (Fsp3) is 0.267. The minimum Gasteiger partial charge on any atom is -0.481 e. The van der Waals surface area contributed by atoms with Crippen LogP contribution in [0.15, 0.2) is 42.5 Å². The fourth-order valence-electron chi connectivity index (χ4n) is 1.93. The van der Waals surface area contributed by atoms with Gasteiger partial charge in [-0.1, -0.05) is 24.3 Å². The summed E-state index contributed by atoms with van der Waals surface area (Å²) in [6, 6.07) is 13.7. The molecule has 1 heterocycles. The molecule has 0 aliphatic heterocycles. The van der Waals surface area contributed by atoms with E-state index in [1.54, 1.807) is 7.11 Å². The first-order valence-electron chi connectivity index (χ1n) is 6.34. The van der Waals surface area contributed by atoms with Crippen LogP contribution in [0.4, 0.5) is 11.5 Å². The average molecular weight is 257 g/mol. The van der Waals surface area contributed by atoms with Crippen LogP contribution in [0.1, 0.15) is 12.5 Å². The van der Waals surface area contributed by atoms with Gasteiger partial charge in [0.1, 0.15) is 5.82 Å². The van der Waals surface area contributed by atoms with E-state index < -0.39 is 0 Å². The van der Waals surface area contributed by atoms with Crippen molar-refractivity contribution in [1.82, 2.24) is 4.98 Å². The Balaban J connectivity index is 2.22. The quantitative estimate of drug-likeness (QED) is 0.837. The van der Waals surface area contributed by atoms with E-state index in [9.17, 15) is 0 Å². The largest absolute Gasteiger partial charge is 0.481 e. The molecule has 0 saturated carbocycles. The summed E-state index contributed by atoms with van der Waals surface area (Å²) in [6.07, 6.45) is 0. The van der Waals surface area contributed by atoms with Crippen LogP contribution in [0.25, 0.3) is 0 Å². The summed E-state index contributed by atoms with van der Waals surface area (Å²) >= 11 is 0. The second-order valence-electron chi connectivity index (χ2n) is 4.25. The van der Waals surface area contributed by atoms with Gasteiger partial charge in [-0.2, -0.15) is 4.98 Å². The number of aromatic nitrogens is 1. The van der Waals surface area contributed by atoms with Crippen LogP contribution >= 0.6 is 0 Å². The van der Waals surface area contributed by atoms with Gasteiger partial charge in [0.2, 0.25) is 5.88 Å². The summed E-state index contributed by atoms with van der Waals surface area (Å²) in [4.78, 5) is 6.61. The SMILES string of the molecule is CCN(Cc1ccccc1N)c1cccc(OC)n1. The number of nitrogens with two attached hydrogens (primary N) is 1. The fourth-order valence-corrected chi connectivity index (χ4v) is 1.93. The van der Waals surface area contributed by atoms with Crippen LogP contribution in [0.5, 0.6) is 5.88 Å². The lowest BCUT2D eigenvalue weighted by molar-refractivity contribution is 0.398. The molecular weight excluding hydrogens is 238 g/mol. The zero-order valence-corrected chi connectivity index (χ0v) is 11.3. The highest BCUT2D eigenvalue weighted by atomic mass is 16.5. The van der Waals surface area contributed by atoms with E-state index in [4.69, 9.17) is 10.5 Å². The normalized spacial score (nSPS) is 10.2. The van der Waals surface area contributed by atoms with Gasteiger partial charge in [0, 0.05) is 24.8 Å². The molecule has 0 unspecified atom stereocenters. The Morgan fingerprint density at radius 1 is 1.16 bits per heavy atom. The van der Waals surface area contributed by atoms with Crippen molar-refractivity contribution < 1.29 is 4.74 Å². The van der Waals surface area contributed by atoms with E-state index in [1.165, 1.54) is 0 Å². The second kappa shape index (κ2) is 6.09. The van der Waals surface area contributed by atoms with E-state index in [0.717, 1.165) is 30.2 Å². The number of rotatable bonds is 5. The summed E-state index contributed by atoms with van der Waals surface area (Å²) in [7, 11) is 1.62. The van der Waals surface area contributed by atoms with Gasteiger partial charge in [0.25, 0.3) is 0 Å². The predicted octanol–water partition coefficient (Wildman–Crippen LogP) is 2.70. The predicted molar refractivity (Wildman–Crippen MR) is 78.4 cm³/mol. The summed E-state index contributed by atoms with van der Waals surface area (Å²) in [6.45, 7) is 3.69. The number of pyridine rings is 1. The highest BCUT2D eigenvalue weighted by molar-refractivity contribution is 5.50. The molecule has 0 saturated heterocycles. The number of nitrogens with zero attached hydrogens (tertiary/aromatic N) is 2. The molecule has 2 rings (SSSR count). The number of nitrogen functional groups attached to an aromatic ring is 1. The van der Waals surface area contributed by atoms with E-state index in [1.807, 2.05) is 42.5 Å². The Morgan fingerprint density at radius 3 is 2.63 bits per heavy atom. The Morgan fingerprint density at radius 2 is 1.95 bits per heavy atom. The Hall–Kier alpha value is -2.23. The summed E-state index contributed by atoms with van der Waals surface area (Å²) in [5.74, 6) is 1.52. The number of para-hydroxylation sites is 1. The molecule has 0 bridgehead atoms. The molecule has 0 aliphatic carbocycles. The van der Waals surface area contributed by atoms with E-state index >= 15 is 0 Å². The molecular formula is C15H19N3O. The number of benzene rings is 1. The van der Waals surface area contributed by atoms with Crippen LogP contribution in [0, 0.1) is 0 Å². The smallest absolute Gasteiger partial charge is 0.214 e. The van der Waals surface area contributed by atoms with Gasteiger partial charge in [-0.25, -0.2) is 0 Å². The highest BCUT2D eigenvalue weighted by Gasteiger charge is 2.09. The van der Waals surface area contributed by atoms with Crippen LogP contribution in [-0.4, -0.2) is 18.6 Å². The van der Waals surface area contributed by atoms with Gasteiger partial charge >= 0.3 is 0 Å². The maximum absolute atomic E-state index is 5.99. The third-order valence-corrected chi connectivity index (χ3v) is 3.04. The maximum Gasteiger partial charge on any atom is 0.214 e. The second-order valence-corrected chi connectivity index (χ2v) is 4.25. The molecule has 0 amide bonds. The number of hydrogen-bond acceptors (Lipinski definition) is 4. The molecule has 4 heteroatoms. The third-order valence-electron chi connectivity index (χ3n) is 3.04. The molecule has 0 fully saturated rings. The molecule has 2 N–H and O–H groups in total. The monoisotopic (exact) mass is 257 g/mol. The lowest BCUT2D eigenvalue weighted by Crippen LogP contribution is -2.23. The standard InChI is InChI=1S/C15H19N3O/c1-3-18(11-12-7-4-5-8-13(12)16)14-9-6-10-15(17-14)19-2/h4-10H,3,11,16H2,1-2H3. The molecule has 19 heavy (non-hydrogen) atoms. The van der Waals surface area contributed by atoms with Crippen molar-refractivity contribution in [3.05, 3.63) is 48.0 Å². The minimum atomic E-state index is 0.622. The first-order valence-corrected chi connectivity index (χ1v) is 6.34. The lowest BCUT2D eigenvalue weighted by atomic mass is 10.1. The van der Waals surface area contributed by atoms with Gasteiger partial charge in [-0.05, 0) is 24.6 Å². The molecule has 4 nitrogen and oxygen atoms in total. The average Bonchev–Trinajstić information content (AvgIpc) is 2.46. The topological polar surface area (TPSA) is 51.4 Å². The van der Waals surface area contributed by atoms with Gasteiger partial charge in [-0.3, -0.25) is 0 Å². The maximum atomic E-state index is 5.99. The van der Waals surface area contributed by atoms with Gasteiger partial charge in [0.15, 0.2) is 0 Å². The molecule has 100 valence electrons. The van der Waals surface area contributed by atoms with Crippen molar-refractivity contribution in [2.75, 3.05) is 24.3 Å². The number of methoxy groups -OCH3 is 1. The summed E-state index contributed by atoms with van der Waals surface area (Å²) in [5.41, 5.74) is 7.90. The highest BCUT2D eigenvalue weighted by Crippen LogP contribution is 2.20. The van der Waals surface area contributed by atoms with E-state index in [2.05, 4.69) is 16.8 Å². The molecule has 0 spiro atoms. The molecule has 2 aromatic rings. The molecule has 0 aliphatic rings. The van der Waals surface area contributed by atoms with Gasteiger partial charge in [-0.15, -0.1) is 0 Å². The first kappa shape index (κ1) is 13.2. The van der Waals surface area contributed by atoms with Crippen LogP contribution in [0.3, 0.4) is 0 Å². The summed E-state index contributed by atoms with van der Waals surface area (Å²) < 4.78 is 5.16. The Kier molecular flexibility index (Phi) is 4.23. The van der Waals surface area contributed by atoms with Crippen molar-refractivity contribution in [3.8, 4) is 5.88 Å². The van der Waals surface area contributed by atoms with Crippen molar-refractivity contribution in [2.45, 2.75) is 13.5 Å². The lowest BCUT2D eigenvalue weighted by Gasteiger charge is -2.23. The molecule has 1 aromatic heterocycles. The van der Waals surface area contributed by atoms with Crippen molar-refractivity contribution in [3.63, 3.8) is 0 Å². The Bertz CT molecular complexity index is 542. The molecule has 0 atom stereocenters. The van der Waals surface area contributed by atoms with E-state index in [0.29, 0.717) is 5.88 Å². The van der Waals surface area contributed by atoms with Crippen LogP contribution < -0.4 is 15.4 Å². The molecule has 1 aromatic carbocycles. The minimum absolute atomic E-state index is 0.622. The summed E-state index contributed by atoms with van der Waals surface area (Å²) in [5, 5.41) is 0. The third kappa shape index (κ3) is 3.16. The number of ether oxygens (including phenoxy) is 1. The molecule has 0 radical (unpaired) electrons. The number of hydrogen-bond donors (Lipinski definition) is 1. The van der Waals surface area contributed by atoms with Crippen LogP contribution in [-0.2, 0) is 6.54 Å². The Labute approximate surface area is 113 Å². The number of anilines is 2. The van der Waals surface area contributed by atoms with Crippen LogP contribution in [0.2, 0.25) is 0 Å². The zero-order valence-electron chi connectivity index (χ0n) is 11.3. The van der Waals surface area contributed by atoms with E-state index in [-0.39, 0.29) is 0 Å². The zero-order chi connectivity index (χ0) is 13.7. The van der Waals surface area contributed by atoms with Crippen molar-refractivity contribution >= 4 is 11.5 Å². The van der Waals surface area contributed by atoms with Gasteiger partial charge < -0.3 is 15.4 Å². The van der Waals surface area contributed by atoms with Gasteiger partial charge in [0.05, 0.1) is 7.11 Å². The first-order chi connectivity index (χ1) is 9.24. The van der Waals surface area contributed by atoms with Crippen molar-refractivity contribution in [2.24, 2.45) is 0 Å². The van der Waals surface area contributed by atoms with Crippen molar-refractivity contribution in [1.29, 1.82) is 0 Å².